The fraction of sp³-hybridized carbons (Fsp3) is 0.591. The van der Waals surface area contributed by atoms with E-state index in [1.54, 1.807) is 0 Å². The molecule has 0 radical (unpaired) electrons. The summed E-state index contributed by atoms with van der Waals surface area (Å²) in [7, 11) is 0. The Hall–Kier alpha value is -1.69. The molecule has 2 saturated heterocycles. The summed E-state index contributed by atoms with van der Waals surface area (Å²) in [5, 5.41) is 9.23. The van der Waals surface area contributed by atoms with Crippen molar-refractivity contribution in [2.24, 2.45) is 5.92 Å². The highest BCUT2D eigenvalue weighted by molar-refractivity contribution is 5.78. The molecule has 0 bridgehead atoms. The van der Waals surface area contributed by atoms with Crippen molar-refractivity contribution < 1.29 is 14.6 Å². The third-order valence-electron chi connectivity index (χ3n) is 5.75. The van der Waals surface area contributed by atoms with Crippen LogP contribution in [0.15, 0.2) is 24.3 Å². The molecule has 1 amide bonds. The van der Waals surface area contributed by atoms with Crippen molar-refractivity contribution in [1.82, 2.24) is 9.80 Å². The minimum Gasteiger partial charge on any atom is -0.394 e. The van der Waals surface area contributed by atoms with Gasteiger partial charge in [-0.2, -0.15) is 0 Å². The van der Waals surface area contributed by atoms with Crippen molar-refractivity contribution in [3.8, 4) is 0 Å². The molecule has 0 aromatic heterocycles. The van der Waals surface area contributed by atoms with Crippen LogP contribution < -0.4 is 0 Å². The largest absolute Gasteiger partial charge is 0.394 e. The highest BCUT2D eigenvalue weighted by Gasteiger charge is 2.26. The molecule has 0 spiro atoms. The summed E-state index contributed by atoms with van der Waals surface area (Å²) >= 11 is 0. The van der Waals surface area contributed by atoms with E-state index in [1.807, 2.05) is 4.90 Å². The second-order valence-corrected chi connectivity index (χ2v) is 7.79. The third-order valence-corrected chi connectivity index (χ3v) is 5.75. The maximum atomic E-state index is 12.6. The van der Waals surface area contributed by atoms with Crippen LogP contribution in [0.5, 0.6) is 0 Å². The number of piperidine rings is 1. The molecule has 2 aliphatic rings. The van der Waals surface area contributed by atoms with Gasteiger partial charge in [-0.3, -0.25) is 9.69 Å². The first kappa shape index (κ1) is 20.1. The number of likely N-dealkylation sites (tertiary alicyclic amines) is 1. The lowest BCUT2D eigenvalue weighted by Crippen LogP contribution is -2.49. The molecule has 1 aromatic carbocycles. The Kier molecular flexibility index (Phi) is 7.05. The molecule has 2 aliphatic heterocycles. The van der Waals surface area contributed by atoms with E-state index in [4.69, 9.17) is 4.74 Å². The molecule has 1 N–H and O–H groups in total. The number of aryl methyl sites for hydroxylation is 2. The van der Waals surface area contributed by atoms with Gasteiger partial charge in [-0.1, -0.05) is 30.4 Å². The number of nitrogens with zero attached hydrogens (tertiary/aromatic N) is 2. The van der Waals surface area contributed by atoms with Crippen molar-refractivity contribution >= 4 is 12.0 Å². The average Bonchev–Trinajstić information content (AvgIpc) is 2.68. The summed E-state index contributed by atoms with van der Waals surface area (Å²) in [4.78, 5) is 16.7. The number of hydrogen-bond donors (Lipinski definition) is 1. The van der Waals surface area contributed by atoms with Crippen LogP contribution in [-0.2, 0) is 9.53 Å². The van der Waals surface area contributed by atoms with Gasteiger partial charge in [-0.15, -0.1) is 0 Å². The van der Waals surface area contributed by atoms with E-state index in [1.165, 1.54) is 16.7 Å². The van der Waals surface area contributed by atoms with Crippen LogP contribution in [0.3, 0.4) is 0 Å². The van der Waals surface area contributed by atoms with Crippen LogP contribution in [0.1, 0.15) is 29.5 Å². The van der Waals surface area contributed by atoms with Gasteiger partial charge in [0.15, 0.2) is 0 Å². The van der Waals surface area contributed by atoms with E-state index in [2.05, 4.69) is 49.1 Å². The first-order valence-corrected chi connectivity index (χ1v) is 10.0. The molecular formula is C22H32N2O3. The summed E-state index contributed by atoms with van der Waals surface area (Å²) < 4.78 is 5.45. The second-order valence-electron chi connectivity index (χ2n) is 7.79. The van der Waals surface area contributed by atoms with Gasteiger partial charge in [-0.05, 0) is 49.3 Å². The maximum absolute atomic E-state index is 12.6. The van der Waals surface area contributed by atoms with E-state index in [-0.39, 0.29) is 18.6 Å². The Morgan fingerprint density at radius 2 is 1.93 bits per heavy atom. The number of allylic oxidation sites excluding steroid dienone is 1. The van der Waals surface area contributed by atoms with Crippen LogP contribution in [0.4, 0.5) is 0 Å². The van der Waals surface area contributed by atoms with E-state index in [9.17, 15) is 9.90 Å². The number of hydrogen-bond acceptors (Lipinski definition) is 4. The van der Waals surface area contributed by atoms with E-state index >= 15 is 0 Å². The van der Waals surface area contributed by atoms with Crippen LogP contribution in [0.2, 0.25) is 0 Å². The van der Waals surface area contributed by atoms with Crippen LogP contribution in [-0.4, -0.2) is 72.9 Å². The Morgan fingerprint density at radius 1 is 1.22 bits per heavy atom. The molecule has 148 valence electrons. The number of benzene rings is 1. The van der Waals surface area contributed by atoms with E-state index in [0.29, 0.717) is 25.6 Å². The normalized spacial score (nSPS) is 22.5. The predicted octanol–water partition coefficient (Wildman–Crippen LogP) is 2.25. The molecule has 3 rings (SSSR count). The number of morpholine rings is 1. The molecular weight excluding hydrogens is 340 g/mol. The van der Waals surface area contributed by atoms with E-state index < -0.39 is 0 Å². The first-order valence-electron chi connectivity index (χ1n) is 10.0. The maximum Gasteiger partial charge on any atom is 0.236 e. The first-order chi connectivity index (χ1) is 13.1. The standard InChI is InChI=1S/C22H32N2O3/c1-17-4-3-5-18(2)21(17)7-6-19-8-10-24(11-9-19)22(26)15-23-12-13-27-20(14-23)16-25/h3-7,19-20,25H,8-16H2,1-2H3/t20-/m0/s1. The number of aliphatic hydroxyl groups is 1. The average molecular weight is 373 g/mol. The Balaban J connectivity index is 1.47. The minimum absolute atomic E-state index is 0.0166. The molecule has 5 heteroatoms. The molecule has 1 atom stereocenters. The lowest BCUT2D eigenvalue weighted by atomic mass is 9.94. The number of rotatable bonds is 5. The Morgan fingerprint density at radius 3 is 2.59 bits per heavy atom. The van der Waals surface area contributed by atoms with Crippen LogP contribution >= 0.6 is 0 Å². The zero-order valence-electron chi connectivity index (χ0n) is 16.6. The molecule has 0 saturated carbocycles. The number of carbonyl (C=O) groups is 1. The molecule has 2 heterocycles. The molecule has 0 aliphatic carbocycles. The molecule has 0 unspecified atom stereocenters. The summed E-state index contributed by atoms with van der Waals surface area (Å²) in [5.41, 5.74) is 3.94. The Bertz CT molecular complexity index is 645. The van der Waals surface area contributed by atoms with Crippen molar-refractivity contribution in [3.05, 3.63) is 41.0 Å². The van der Waals surface area contributed by atoms with Gasteiger partial charge in [0.2, 0.25) is 5.91 Å². The van der Waals surface area contributed by atoms with Gasteiger partial charge in [0.25, 0.3) is 0 Å². The third kappa shape index (κ3) is 5.41. The van der Waals surface area contributed by atoms with Crippen molar-refractivity contribution in [1.29, 1.82) is 0 Å². The smallest absolute Gasteiger partial charge is 0.236 e. The number of amides is 1. The Labute approximate surface area is 162 Å². The van der Waals surface area contributed by atoms with Gasteiger partial charge in [0.05, 0.1) is 25.9 Å². The lowest BCUT2D eigenvalue weighted by molar-refractivity contribution is -0.136. The van der Waals surface area contributed by atoms with Gasteiger partial charge in [0, 0.05) is 26.2 Å². The number of carbonyl (C=O) groups excluding carboxylic acids is 1. The summed E-state index contributed by atoms with van der Waals surface area (Å²) in [6, 6.07) is 6.41. The summed E-state index contributed by atoms with van der Waals surface area (Å²) in [5.74, 6) is 0.737. The highest BCUT2D eigenvalue weighted by Crippen LogP contribution is 2.22. The molecule has 5 nitrogen and oxygen atoms in total. The zero-order valence-corrected chi connectivity index (χ0v) is 16.6. The van der Waals surface area contributed by atoms with Crippen molar-refractivity contribution in [3.63, 3.8) is 0 Å². The SMILES string of the molecule is Cc1cccc(C)c1C=CC1CCN(C(=O)CN2CCO[C@H](CO)C2)CC1. The minimum atomic E-state index is -0.160. The summed E-state index contributed by atoms with van der Waals surface area (Å²) in [6.45, 7) is 8.40. The van der Waals surface area contributed by atoms with Gasteiger partial charge in [-0.25, -0.2) is 0 Å². The monoisotopic (exact) mass is 372 g/mol. The topological polar surface area (TPSA) is 53.0 Å². The van der Waals surface area contributed by atoms with Gasteiger partial charge in [0.1, 0.15) is 0 Å². The fourth-order valence-corrected chi connectivity index (χ4v) is 3.99. The lowest BCUT2D eigenvalue weighted by Gasteiger charge is -2.35. The van der Waals surface area contributed by atoms with Crippen molar-refractivity contribution in [2.75, 3.05) is 45.9 Å². The van der Waals surface area contributed by atoms with Gasteiger partial charge >= 0.3 is 0 Å². The predicted molar refractivity (Wildman–Crippen MR) is 108 cm³/mol. The number of aliphatic hydroxyl groups excluding tert-OH is 1. The summed E-state index contributed by atoms with van der Waals surface area (Å²) in [6.07, 6.45) is 6.47. The van der Waals surface area contributed by atoms with Crippen molar-refractivity contribution in [2.45, 2.75) is 32.8 Å². The second kappa shape index (κ2) is 9.49. The quantitative estimate of drug-likeness (QED) is 0.861. The highest BCUT2D eigenvalue weighted by atomic mass is 16.5. The fourth-order valence-electron chi connectivity index (χ4n) is 3.99. The molecule has 2 fully saturated rings. The van der Waals surface area contributed by atoms with Crippen LogP contribution in [0.25, 0.3) is 6.08 Å². The number of ether oxygens (including phenoxy) is 1. The van der Waals surface area contributed by atoms with Crippen LogP contribution in [0, 0.1) is 19.8 Å². The van der Waals surface area contributed by atoms with E-state index in [0.717, 1.165) is 32.5 Å². The van der Waals surface area contributed by atoms with Gasteiger partial charge < -0.3 is 14.7 Å². The molecule has 1 aromatic rings. The molecule has 27 heavy (non-hydrogen) atoms. The zero-order chi connectivity index (χ0) is 19.2.